The number of allylic oxidation sites excluding steroid dienone is 2. The fraction of sp³-hybridized carbons (Fsp3) is 0.250. The molecule has 0 heterocycles. The highest BCUT2D eigenvalue weighted by Crippen LogP contribution is 2.12. The van der Waals surface area contributed by atoms with Gasteiger partial charge in [0, 0.05) is 6.42 Å². The van der Waals surface area contributed by atoms with Gasteiger partial charge in [-0.2, -0.15) is 0 Å². The molecule has 1 aromatic carbocycles. The molecule has 0 bridgehead atoms. The van der Waals surface area contributed by atoms with Crippen molar-refractivity contribution in [2.24, 2.45) is 0 Å². The van der Waals surface area contributed by atoms with E-state index in [4.69, 9.17) is 5.11 Å². The van der Waals surface area contributed by atoms with E-state index in [0.717, 1.165) is 18.4 Å². The molecule has 1 aliphatic carbocycles. The quantitative estimate of drug-likeness (QED) is 0.682. The van der Waals surface area contributed by atoms with Crippen molar-refractivity contribution in [2.45, 2.75) is 19.8 Å². The molecule has 2 rings (SSSR count). The molecule has 0 spiro atoms. The van der Waals surface area contributed by atoms with Crippen LogP contribution in [0.1, 0.15) is 18.4 Å². The maximum atomic E-state index is 10.2. The monoisotopic (exact) mass is 190 g/mol. The highest BCUT2D eigenvalue weighted by molar-refractivity contribution is 5.91. The van der Waals surface area contributed by atoms with Gasteiger partial charge in [0.05, 0.1) is 0 Å². The molecule has 14 heavy (non-hydrogen) atoms. The van der Waals surface area contributed by atoms with E-state index in [1.807, 2.05) is 31.2 Å². The van der Waals surface area contributed by atoms with Crippen molar-refractivity contribution >= 4 is 5.78 Å². The minimum Gasteiger partial charge on any atom is -0.508 e. The number of carbonyl (C=O) groups is 1. The van der Waals surface area contributed by atoms with Gasteiger partial charge in [0.25, 0.3) is 0 Å². The molecule has 0 saturated heterocycles. The number of carbonyl (C=O) groups excluding carboxylic acids is 1. The topological polar surface area (TPSA) is 37.3 Å². The van der Waals surface area contributed by atoms with Crippen molar-refractivity contribution in [2.75, 3.05) is 0 Å². The predicted molar refractivity (Wildman–Crippen MR) is 56.2 cm³/mol. The Bertz CT molecular complexity index is 319. The van der Waals surface area contributed by atoms with Crippen molar-refractivity contribution in [1.82, 2.24) is 0 Å². The molecule has 0 atom stereocenters. The normalized spacial score (nSPS) is 13.6. The molecule has 0 aliphatic heterocycles. The highest BCUT2D eigenvalue weighted by Gasteiger charge is 1.98. The van der Waals surface area contributed by atoms with Crippen LogP contribution < -0.4 is 0 Å². The Morgan fingerprint density at radius 2 is 2.00 bits per heavy atom. The van der Waals surface area contributed by atoms with E-state index >= 15 is 0 Å². The summed E-state index contributed by atoms with van der Waals surface area (Å²) in [6.45, 7) is 1.87. The first-order valence-corrected chi connectivity index (χ1v) is 4.64. The lowest BCUT2D eigenvalue weighted by Crippen LogP contribution is -1.80. The van der Waals surface area contributed by atoms with Crippen LogP contribution in [0.4, 0.5) is 0 Å². The Morgan fingerprint density at radius 3 is 2.29 bits per heavy atom. The molecule has 0 unspecified atom stereocenters. The number of ketones is 1. The lowest BCUT2D eigenvalue weighted by atomic mass is 10.2. The first kappa shape index (κ1) is 10.5. The molecule has 0 fully saturated rings. The van der Waals surface area contributed by atoms with E-state index in [2.05, 4.69) is 0 Å². The summed E-state index contributed by atoms with van der Waals surface area (Å²) in [6.07, 6.45) is 5.24. The third kappa shape index (κ3) is 3.44. The third-order valence-electron chi connectivity index (χ3n) is 1.98. The number of phenols is 1. The molecule has 0 saturated carbocycles. The second-order valence-corrected chi connectivity index (χ2v) is 3.19. The number of para-hydroxylation sites is 1. The van der Waals surface area contributed by atoms with Crippen LogP contribution in [0.15, 0.2) is 36.4 Å². The molecule has 2 nitrogen and oxygen atoms in total. The van der Waals surface area contributed by atoms with Gasteiger partial charge in [0.15, 0.2) is 5.78 Å². The van der Waals surface area contributed by atoms with Gasteiger partial charge in [-0.1, -0.05) is 24.3 Å². The summed E-state index contributed by atoms with van der Waals surface area (Å²) in [4.78, 5) is 10.2. The molecule has 1 N–H and O–H groups in total. The van der Waals surface area contributed by atoms with Crippen LogP contribution in [0, 0.1) is 6.92 Å². The van der Waals surface area contributed by atoms with Crippen LogP contribution in [-0.4, -0.2) is 10.9 Å². The van der Waals surface area contributed by atoms with E-state index in [-0.39, 0.29) is 5.78 Å². The van der Waals surface area contributed by atoms with Gasteiger partial charge in [0.1, 0.15) is 5.75 Å². The van der Waals surface area contributed by atoms with Crippen LogP contribution in [0.5, 0.6) is 5.75 Å². The van der Waals surface area contributed by atoms with Crippen LogP contribution >= 0.6 is 0 Å². The lowest BCUT2D eigenvalue weighted by Gasteiger charge is -1.92. The maximum absolute atomic E-state index is 10.2. The second-order valence-electron chi connectivity index (χ2n) is 3.19. The molecule has 1 aromatic rings. The van der Waals surface area contributed by atoms with Crippen molar-refractivity contribution in [3.8, 4) is 5.75 Å². The summed E-state index contributed by atoms with van der Waals surface area (Å²) < 4.78 is 0. The molecule has 0 aromatic heterocycles. The molecule has 1 aliphatic rings. The summed E-state index contributed by atoms with van der Waals surface area (Å²) in [5.74, 6) is 0.641. The Kier molecular flexibility index (Phi) is 3.92. The van der Waals surface area contributed by atoms with Gasteiger partial charge in [-0.05, 0) is 31.1 Å². The molecule has 2 heteroatoms. The summed E-state index contributed by atoms with van der Waals surface area (Å²) in [6, 6.07) is 7.25. The molecule has 0 amide bonds. The maximum Gasteiger partial charge on any atom is 0.155 e. The third-order valence-corrected chi connectivity index (χ3v) is 1.98. The number of aryl methyl sites for hydroxylation is 1. The average Bonchev–Trinajstić information content (AvgIpc) is 2.63. The number of hydrogen-bond acceptors (Lipinski definition) is 2. The van der Waals surface area contributed by atoms with Crippen molar-refractivity contribution in [3.05, 3.63) is 42.0 Å². The summed E-state index contributed by atoms with van der Waals surface area (Å²) in [7, 11) is 0. The summed E-state index contributed by atoms with van der Waals surface area (Å²) in [5.41, 5.74) is 0.924. The van der Waals surface area contributed by atoms with Crippen LogP contribution in [0.25, 0.3) is 0 Å². The molecular formula is C12H14O2. The fourth-order valence-electron chi connectivity index (χ4n) is 1.09. The van der Waals surface area contributed by atoms with Crippen molar-refractivity contribution < 1.29 is 9.90 Å². The van der Waals surface area contributed by atoms with Gasteiger partial charge < -0.3 is 5.11 Å². The van der Waals surface area contributed by atoms with Gasteiger partial charge >= 0.3 is 0 Å². The van der Waals surface area contributed by atoms with Crippen LogP contribution in [0.2, 0.25) is 0 Å². The predicted octanol–water partition coefficient (Wildman–Crippen LogP) is 2.61. The largest absolute Gasteiger partial charge is 0.508 e. The fourth-order valence-corrected chi connectivity index (χ4v) is 1.09. The minimum absolute atomic E-state index is 0.273. The van der Waals surface area contributed by atoms with E-state index in [0.29, 0.717) is 5.75 Å². The molecule has 0 radical (unpaired) electrons. The number of benzene rings is 1. The number of phenolic OH excluding ortho intramolecular Hbond substituents is 1. The average molecular weight is 190 g/mol. The van der Waals surface area contributed by atoms with Crippen molar-refractivity contribution in [3.63, 3.8) is 0 Å². The number of rotatable bonds is 0. The van der Waals surface area contributed by atoms with Crippen LogP contribution in [-0.2, 0) is 4.79 Å². The van der Waals surface area contributed by atoms with E-state index < -0.39 is 0 Å². The SMILES string of the molecule is Cc1ccccc1O.O=C1C=CCC1. The van der Waals surface area contributed by atoms with E-state index in [9.17, 15) is 4.79 Å². The Labute approximate surface area is 83.9 Å². The number of aromatic hydroxyl groups is 1. The standard InChI is InChI=1S/C7H8O.C5H6O/c1-6-4-2-3-5-7(6)8;6-5-3-1-2-4-5/h2-5,8H,1H3;1,3H,2,4H2. The minimum atomic E-state index is 0.273. The Morgan fingerprint density at radius 1 is 1.29 bits per heavy atom. The summed E-state index contributed by atoms with van der Waals surface area (Å²) in [5, 5.41) is 8.92. The van der Waals surface area contributed by atoms with Gasteiger partial charge in [-0.3, -0.25) is 4.79 Å². The molecule has 74 valence electrons. The lowest BCUT2D eigenvalue weighted by molar-refractivity contribution is -0.114. The van der Waals surface area contributed by atoms with Gasteiger partial charge in [-0.25, -0.2) is 0 Å². The first-order valence-electron chi connectivity index (χ1n) is 4.64. The van der Waals surface area contributed by atoms with E-state index in [1.54, 1.807) is 12.1 Å². The summed E-state index contributed by atoms with van der Waals surface area (Å²) >= 11 is 0. The molecular weight excluding hydrogens is 176 g/mol. The van der Waals surface area contributed by atoms with Crippen LogP contribution in [0.3, 0.4) is 0 Å². The van der Waals surface area contributed by atoms with Crippen molar-refractivity contribution in [1.29, 1.82) is 0 Å². The first-order chi connectivity index (χ1) is 6.70. The zero-order valence-electron chi connectivity index (χ0n) is 8.23. The zero-order valence-corrected chi connectivity index (χ0v) is 8.23. The van der Waals surface area contributed by atoms with Gasteiger partial charge in [-0.15, -0.1) is 0 Å². The Balaban J connectivity index is 0.000000146. The highest BCUT2D eigenvalue weighted by atomic mass is 16.3. The Hall–Kier alpha value is -1.57. The number of hydrogen-bond donors (Lipinski definition) is 1. The van der Waals surface area contributed by atoms with Gasteiger partial charge in [0.2, 0.25) is 0 Å². The zero-order chi connectivity index (χ0) is 10.4. The van der Waals surface area contributed by atoms with E-state index in [1.165, 1.54) is 0 Å². The second kappa shape index (κ2) is 5.22. The smallest absolute Gasteiger partial charge is 0.155 e.